The zero-order valence-corrected chi connectivity index (χ0v) is 12.2. The molecule has 2 N–H and O–H groups in total. The molecule has 1 fully saturated rings. The lowest BCUT2D eigenvalue weighted by molar-refractivity contribution is -0.384. The predicted molar refractivity (Wildman–Crippen MR) is 81.6 cm³/mol. The molecule has 0 atom stereocenters. The quantitative estimate of drug-likeness (QED) is 0.645. The summed E-state index contributed by atoms with van der Waals surface area (Å²) >= 11 is 0. The standard InChI is InChI=1S/C15H21N3O3/c1-2-16-14-12(9-6-10-13(14)18(20)21)15(19)17-11-7-4-3-5-8-11/h6,9-11,16H,2-5,7-8H2,1H3,(H,17,19). The summed E-state index contributed by atoms with van der Waals surface area (Å²) in [5, 5.41) is 17.0. The average molecular weight is 291 g/mol. The Morgan fingerprint density at radius 2 is 2.05 bits per heavy atom. The van der Waals surface area contributed by atoms with E-state index < -0.39 is 4.92 Å². The van der Waals surface area contributed by atoms with Crippen LogP contribution in [0.4, 0.5) is 11.4 Å². The van der Waals surface area contributed by atoms with E-state index in [2.05, 4.69) is 10.6 Å². The van der Waals surface area contributed by atoms with Crippen molar-refractivity contribution in [3.63, 3.8) is 0 Å². The summed E-state index contributed by atoms with van der Waals surface area (Å²) in [4.78, 5) is 23.0. The molecule has 0 radical (unpaired) electrons. The Hall–Kier alpha value is -2.11. The van der Waals surface area contributed by atoms with E-state index in [1.807, 2.05) is 6.92 Å². The molecule has 1 aromatic carbocycles. The van der Waals surface area contributed by atoms with Gasteiger partial charge >= 0.3 is 0 Å². The number of anilines is 1. The first kappa shape index (κ1) is 15.3. The van der Waals surface area contributed by atoms with E-state index in [-0.39, 0.29) is 17.6 Å². The fourth-order valence-electron chi connectivity index (χ4n) is 2.75. The zero-order chi connectivity index (χ0) is 15.2. The van der Waals surface area contributed by atoms with E-state index in [0.717, 1.165) is 25.7 Å². The summed E-state index contributed by atoms with van der Waals surface area (Å²) in [6.45, 7) is 2.37. The Kier molecular flexibility index (Phi) is 5.14. The summed E-state index contributed by atoms with van der Waals surface area (Å²) in [7, 11) is 0. The minimum absolute atomic E-state index is 0.0619. The number of nitro groups is 1. The normalized spacial score (nSPS) is 15.5. The highest BCUT2D eigenvalue weighted by atomic mass is 16.6. The Labute approximate surface area is 124 Å². The molecule has 6 nitrogen and oxygen atoms in total. The predicted octanol–water partition coefficient (Wildman–Crippen LogP) is 3.09. The molecule has 21 heavy (non-hydrogen) atoms. The Balaban J connectivity index is 2.22. The number of benzene rings is 1. The molecule has 0 heterocycles. The number of rotatable bonds is 5. The second-order valence-corrected chi connectivity index (χ2v) is 5.30. The largest absolute Gasteiger partial charge is 0.379 e. The Morgan fingerprint density at radius 1 is 1.33 bits per heavy atom. The lowest BCUT2D eigenvalue weighted by Crippen LogP contribution is -2.36. The van der Waals surface area contributed by atoms with Crippen molar-refractivity contribution >= 4 is 17.3 Å². The zero-order valence-electron chi connectivity index (χ0n) is 12.2. The van der Waals surface area contributed by atoms with Crippen molar-refractivity contribution in [2.24, 2.45) is 0 Å². The highest BCUT2D eigenvalue weighted by molar-refractivity contribution is 6.01. The minimum Gasteiger partial charge on any atom is -0.379 e. The van der Waals surface area contributed by atoms with Crippen LogP contribution in [-0.2, 0) is 0 Å². The van der Waals surface area contributed by atoms with Gasteiger partial charge < -0.3 is 10.6 Å². The van der Waals surface area contributed by atoms with Crippen molar-refractivity contribution in [3.8, 4) is 0 Å². The van der Waals surface area contributed by atoms with E-state index >= 15 is 0 Å². The molecule has 0 bridgehead atoms. The van der Waals surface area contributed by atoms with Crippen LogP contribution in [0.5, 0.6) is 0 Å². The third kappa shape index (κ3) is 3.71. The van der Waals surface area contributed by atoms with E-state index in [1.165, 1.54) is 12.5 Å². The second kappa shape index (κ2) is 7.06. The molecule has 0 aromatic heterocycles. The fraction of sp³-hybridized carbons (Fsp3) is 0.533. The van der Waals surface area contributed by atoms with Gasteiger partial charge in [0.05, 0.1) is 10.5 Å². The van der Waals surface area contributed by atoms with Gasteiger partial charge in [0.1, 0.15) is 5.69 Å². The van der Waals surface area contributed by atoms with Gasteiger partial charge in [-0.25, -0.2) is 0 Å². The van der Waals surface area contributed by atoms with Gasteiger partial charge in [0.2, 0.25) is 0 Å². The van der Waals surface area contributed by atoms with E-state index in [4.69, 9.17) is 0 Å². The van der Waals surface area contributed by atoms with Gasteiger partial charge in [0, 0.05) is 18.7 Å². The number of para-hydroxylation sites is 1. The molecule has 1 saturated carbocycles. The minimum atomic E-state index is -0.463. The number of amides is 1. The van der Waals surface area contributed by atoms with Crippen molar-refractivity contribution in [1.29, 1.82) is 0 Å². The van der Waals surface area contributed by atoms with Crippen LogP contribution in [0.2, 0.25) is 0 Å². The van der Waals surface area contributed by atoms with Crippen LogP contribution in [0.1, 0.15) is 49.4 Å². The molecule has 0 aliphatic heterocycles. The van der Waals surface area contributed by atoms with Gasteiger partial charge in [-0.1, -0.05) is 25.3 Å². The lowest BCUT2D eigenvalue weighted by Gasteiger charge is -2.23. The Bertz CT molecular complexity index is 525. The lowest BCUT2D eigenvalue weighted by atomic mass is 9.95. The molecule has 1 aliphatic rings. The topological polar surface area (TPSA) is 84.3 Å². The Morgan fingerprint density at radius 3 is 2.67 bits per heavy atom. The third-order valence-electron chi connectivity index (χ3n) is 3.78. The number of nitrogens with zero attached hydrogens (tertiary/aromatic N) is 1. The first-order valence-corrected chi connectivity index (χ1v) is 7.45. The smallest absolute Gasteiger partial charge is 0.293 e. The van der Waals surface area contributed by atoms with Crippen molar-refractivity contribution in [2.45, 2.75) is 45.1 Å². The molecule has 0 spiro atoms. The van der Waals surface area contributed by atoms with Crippen LogP contribution in [0.25, 0.3) is 0 Å². The molecule has 1 aromatic rings. The molecule has 6 heteroatoms. The van der Waals surface area contributed by atoms with Gasteiger partial charge in [0.25, 0.3) is 11.6 Å². The van der Waals surface area contributed by atoms with Crippen LogP contribution in [0, 0.1) is 10.1 Å². The summed E-state index contributed by atoms with van der Waals surface area (Å²) in [6, 6.07) is 4.77. The number of carbonyl (C=O) groups is 1. The monoisotopic (exact) mass is 291 g/mol. The molecular weight excluding hydrogens is 270 g/mol. The fourth-order valence-corrected chi connectivity index (χ4v) is 2.75. The molecule has 0 unspecified atom stereocenters. The maximum atomic E-state index is 12.4. The van der Waals surface area contributed by atoms with Gasteiger partial charge in [-0.05, 0) is 25.8 Å². The number of hydrogen-bond acceptors (Lipinski definition) is 4. The van der Waals surface area contributed by atoms with Gasteiger partial charge in [-0.2, -0.15) is 0 Å². The SMILES string of the molecule is CCNc1c(C(=O)NC2CCCCC2)cccc1[N+](=O)[O-]. The molecule has 0 saturated heterocycles. The van der Waals surface area contributed by atoms with Gasteiger partial charge in [-0.3, -0.25) is 14.9 Å². The summed E-state index contributed by atoms with van der Waals surface area (Å²) in [5.74, 6) is -0.235. The molecule has 2 rings (SSSR count). The third-order valence-corrected chi connectivity index (χ3v) is 3.78. The molecule has 1 amide bonds. The van der Waals surface area contributed by atoms with E-state index in [0.29, 0.717) is 17.8 Å². The van der Waals surface area contributed by atoms with Crippen LogP contribution in [-0.4, -0.2) is 23.4 Å². The first-order valence-electron chi connectivity index (χ1n) is 7.45. The van der Waals surface area contributed by atoms with Crippen molar-refractivity contribution in [1.82, 2.24) is 5.32 Å². The van der Waals surface area contributed by atoms with Crippen LogP contribution in [0.3, 0.4) is 0 Å². The molecule has 1 aliphatic carbocycles. The number of hydrogen-bond donors (Lipinski definition) is 2. The summed E-state index contributed by atoms with van der Waals surface area (Å²) < 4.78 is 0. The van der Waals surface area contributed by atoms with Crippen LogP contribution in [0.15, 0.2) is 18.2 Å². The van der Waals surface area contributed by atoms with E-state index in [9.17, 15) is 14.9 Å². The van der Waals surface area contributed by atoms with Crippen LogP contribution >= 0.6 is 0 Å². The average Bonchev–Trinajstić information content (AvgIpc) is 2.48. The number of nitro benzene ring substituents is 1. The van der Waals surface area contributed by atoms with E-state index in [1.54, 1.807) is 12.1 Å². The maximum Gasteiger partial charge on any atom is 0.293 e. The maximum absolute atomic E-state index is 12.4. The summed E-state index contributed by atoms with van der Waals surface area (Å²) in [5.41, 5.74) is 0.586. The number of carbonyl (C=O) groups excluding carboxylic acids is 1. The number of nitrogens with one attached hydrogen (secondary N) is 2. The first-order chi connectivity index (χ1) is 10.1. The van der Waals surface area contributed by atoms with Crippen LogP contribution < -0.4 is 10.6 Å². The van der Waals surface area contributed by atoms with Crippen molar-refractivity contribution < 1.29 is 9.72 Å². The van der Waals surface area contributed by atoms with Gasteiger partial charge in [0.15, 0.2) is 0 Å². The molecular formula is C15H21N3O3. The van der Waals surface area contributed by atoms with Gasteiger partial charge in [-0.15, -0.1) is 0 Å². The van der Waals surface area contributed by atoms with Crippen molar-refractivity contribution in [3.05, 3.63) is 33.9 Å². The second-order valence-electron chi connectivity index (χ2n) is 5.30. The highest BCUT2D eigenvalue weighted by Crippen LogP contribution is 2.28. The van der Waals surface area contributed by atoms with Crippen molar-refractivity contribution in [2.75, 3.05) is 11.9 Å². The summed E-state index contributed by atoms with van der Waals surface area (Å²) in [6.07, 6.45) is 5.43. The molecule has 114 valence electrons. The highest BCUT2D eigenvalue weighted by Gasteiger charge is 2.23.